The molecule has 1 aromatic carbocycles. The Morgan fingerprint density at radius 2 is 1.79 bits per heavy atom. The number of ether oxygens (including phenoxy) is 1. The van der Waals surface area contributed by atoms with Crippen LogP contribution in [0.25, 0.3) is 0 Å². The third kappa shape index (κ3) is 5.30. The van der Waals surface area contributed by atoms with Crippen molar-refractivity contribution in [3.05, 3.63) is 24.3 Å². The Hall–Kier alpha value is -1.56. The molecule has 5 nitrogen and oxygen atoms in total. The van der Waals surface area contributed by atoms with E-state index in [9.17, 15) is 13.2 Å². The van der Waals surface area contributed by atoms with E-state index in [0.717, 1.165) is 6.26 Å². The van der Waals surface area contributed by atoms with Gasteiger partial charge in [0.25, 0.3) is 0 Å². The maximum atomic E-state index is 11.3. The van der Waals surface area contributed by atoms with E-state index in [1.54, 1.807) is 31.1 Å². The van der Waals surface area contributed by atoms with Gasteiger partial charge in [0.1, 0.15) is 5.75 Å². The van der Waals surface area contributed by atoms with Crippen LogP contribution in [0.3, 0.4) is 0 Å². The molecule has 0 aliphatic rings. The van der Waals surface area contributed by atoms with Crippen LogP contribution in [0.5, 0.6) is 5.75 Å². The summed E-state index contributed by atoms with van der Waals surface area (Å²) in [6, 6.07) is 6.25. The number of sulfone groups is 1. The number of hydrogen-bond donors (Lipinski definition) is 0. The first kappa shape index (κ1) is 15.5. The van der Waals surface area contributed by atoms with Gasteiger partial charge in [0.15, 0.2) is 9.84 Å². The van der Waals surface area contributed by atoms with Crippen LogP contribution in [0.1, 0.15) is 12.8 Å². The Morgan fingerprint density at radius 1 is 1.21 bits per heavy atom. The zero-order valence-corrected chi connectivity index (χ0v) is 12.2. The van der Waals surface area contributed by atoms with E-state index in [2.05, 4.69) is 0 Å². The average molecular weight is 285 g/mol. The summed E-state index contributed by atoms with van der Waals surface area (Å²) in [5, 5.41) is 0. The van der Waals surface area contributed by atoms with Gasteiger partial charge in [0, 0.05) is 26.8 Å². The Balaban J connectivity index is 2.41. The van der Waals surface area contributed by atoms with Gasteiger partial charge in [-0.25, -0.2) is 8.42 Å². The first-order valence-electron chi connectivity index (χ1n) is 5.94. The summed E-state index contributed by atoms with van der Waals surface area (Å²) in [6.45, 7) is 0.428. The van der Waals surface area contributed by atoms with Crippen molar-refractivity contribution < 1.29 is 17.9 Å². The zero-order valence-electron chi connectivity index (χ0n) is 11.4. The molecule has 106 valence electrons. The van der Waals surface area contributed by atoms with Crippen molar-refractivity contribution in [2.45, 2.75) is 17.7 Å². The molecule has 0 aliphatic heterocycles. The smallest absolute Gasteiger partial charge is 0.222 e. The molecule has 1 amide bonds. The largest absolute Gasteiger partial charge is 0.494 e. The summed E-state index contributed by atoms with van der Waals surface area (Å²) in [5.74, 6) is 0.667. The van der Waals surface area contributed by atoms with Crippen LogP contribution >= 0.6 is 0 Å². The molecule has 0 atom stereocenters. The topological polar surface area (TPSA) is 63.7 Å². The minimum absolute atomic E-state index is 0.0658. The number of benzene rings is 1. The highest BCUT2D eigenvalue weighted by atomic mass is 32.2. The molecule has 0 N–H and O–H groups in total. The minimum atomic E-state index is -3.17. The van der Waals surface area contributed by atoms with Crippen molar-refractivity contribution in [1.29, 1.82) is 0 Å². The summed E-state index contributed by atoms with van der Waals surface area (Å²) in [6.07, 6.45) is 2.23. The van der Waals surface area contributed by atoms with E-state index in [1.807, 2.05) is 0 Å². The van der Waals surface area contributed by atoms with Crippen LogP contribution in [0.2, 0.25) is 0 Å². The van der Waals surface area contributed by atoms with E-state index in [0.29, 0.717) is 25.2 Å². The van der Waals surface area contributed by atoms with Crippen molar-refractivity contribution in [2.75, 3.05) is 27.0 Å². The van der Waals surface area contributed by atoms with Gasteiger partial charge in [-0.2, -0.15) is 0 Å². The van der Waals surface area contributed by atoms with Crippen LogP contribution in [-0.2, 0) is 14.6 Å². The lowest BCUT2D eigenvalue weighted by Crippen LogP contribution is -2.21. The number of rotatable bonds is 6. The SMILES string of the molecule is CN(C)C(=O)CCCOc1ccc(S(C)(=O)=O)cc1. The molecule has 0 spiro atoms. The van der Waals surface area contributed by atoms with Gasteiger partial charge < -0.3 is 9.64 Å². The van der Waals surface area contributed by atoms with E-state index < -0.39 is 9.84 Å². The lowest BCUT2D eigenvalue weighted by Gasteiger charge is -2.10. The van der Waals surface area contributed by atoms with Crippen molar-refractivity contribution in [2.24, 2.45) is 0 Å². The highest BCUT2D eigenvalue weighted by molar-refractivity contribution is 7.90. The third-order valence-electron chi connectivity index (χ3n) is 2.55. The maximum absolute atomic E-state index is 11.3. The Bertz CT molecular complexity index is 520. The molecule has 1 aromatic rings. The maximum Gasteiger partial charge on any atom is 0.222 e. The molecule has 0 aliphatic carbocycles. The van der Waals surface area contributed by atoms with Crippen LogP contribution in [0.15, 0.2) is 29.2 Å². The van der Waals surface area contributed by atoms with Crippen molar-refractivity contribution in [1.82, 2.24) is 4.90 Å². The molecule has 0 bridgehead atoms. The molecule has 0 fully saturated rings. The molecule has 0 unspecified atom stereocenters. The van der Waals surface area contributed by atoms with Gasteiger partial charge in [0.05, 0.1) is 11.5 Å². The van der Waals surface area contributed by atoms with Gasteiger partial charge in [-0.05, 0) is 30.7 Å². The molecule has 1 rings (SSSR count). The molecule has 0 heterocycles. The minimum Gasteiger partial charge on any atom is -0.494 e. The number of hydrogen-bond acceptors (Lipinski definition) is 4. The lowest BCUT2D eigenvalue weighted by molar-refractivity contribution is -0.128. The molecule has 0 saturated carbocycles. The Labute approximate surface area is 114 Å². The average Bonchev–Trinajstić information content (AvgIpc) is 2.33. The fourth-order valence-electron chi connectivity index (χ4n) is 1.42. The Kier molecular flexibility index (Phi) is 5.35. The normalized spacial score (nSPS) is 11.1. The predicted octanol–water partition coefficient (Wildman–Crippen LogP) is 1.34. The molecule has 0 saturated heterocycles. The van der Waals surface area contributed by atoms with E-state index in [4.69, 9.17) is 4.74 Å². The Morgan fingerprint density at radius 3 is 2.26 bits per heavy atom. The predicted molar refractivity (Wildman–Crippen MR) is 73.0 cm³/mol. The molecule has 0 aromatic heterocycles. The van der Waals surface area contributed by atoms with Crippen molar-refractivity contribution in [3.8, 4) is 5.75 Å². The van der Waals surface area contributed by atoms with Crippen LogP contribution in [0, 0.1) is 0 Å². The van der Waals surface area contributed by atoms with Gasteiger partial charge in [0.2, 0.25) is 5.91 Å². The molecular weight excluding hydrogens is 266 g/mol. The summed E-state index contributed by atoms with van der Waals surface area (Å²) in [5.41, 5.74) is 0. The van der Waals surface area contributed by atoms with Crippen LogP contribution in [-0.4, -0.2) is 46.2 Å². The number of nitrogens with zero attached hydrogens (tertiary/aromatic N) is 1. The highest BCUT2D eigenvalue weighted by Gasteiger charge is 2.07. The number of carbonyl (C=O) groups excluding carboxylic acids is 1. The third-order valence-corrected chi connectivity index (χ3v) is 3.68. The fourth-order valence-corrected chi connectivity index (χ4v) is 2.05. The summed E-state index contributed by atoms with van der Waals surface area (Å²) >= 11 is 0. The standard InChI is InChI=1S/C13H19NO4S/c1-14(2)13(15)5-4-10-18-11-6-8-12(9-7-11)19(3,16)17/h6-9H,4-5,10H2,1-3H3. The second-order valence-corrected chi connectivity index (χ2v) is 6.50. The van der Waals surface area contributed by atoms with Gasteiger partial charge >= 0.3 is 0 Å². The highest BCUT2D eigenvalue weighted by Crippen LogP contribution is 2.16. The number of carbonyl (C=O) groups is 1. The number of amides is 1. The van der Waals surface area contributed by atoms with Gasteiger partial charge in [-0.15, -0.1) is 0 Å². The zero-order chi connectivity index (χ0) is 14.5. The first-order valence-corrected chi connectivity index (χ1v) is 7.83. The monoisotopic (exact) mass is 285 g/mol. The summed E-state index contributed by atoms with van der Waals surface area (Å²) in [7, 11) is 0.260. The van der Waals surface area contributed by atoms with E-state index >= 15 is 0 Å². The van der Waals surface area contributed by atoms with Crippen molar-refractivity contribution >= 4 is 15.7 Å². The molecule has 0 radical (unpaired) electrons. The second kappa shape index (κ2) is 6.56. The first-order chi connectivity index (χ1) is 8.80. The summed E-state index contributed by atoms with van der Waals surface area (Å²) < 4.78 is 28.0. The van der Waals surface area contributed by atoms with E-state index in [-0.39, 0.29) is 10.8 Å². The van der Waals surface area contributed by atoms with E-state index in [1.165, 1.54) is 12.1 Å². The molecule has 19 heavy (non-hydrogen) atoms. The fraction of sp³-hybridized carbons (Fsp3) is 0.462. The van der Waals surface area contributed by atoms with Crippen LogP contribution < -0.4 is 4.74 Å². The van der Waals surface area contributed by atoms with Crippen LogP contribution in [0.4, 0.5) is 0 Å². The van der Waals surface area contributed by atoms with Gasteiger partial charge in [-0.1, -0.05) is 0 Å². The molecular formula is C13H19NO4S. The van der Waals surface area contributed by atoms with Gasteiger partial charge in [-0.3, -0.25) is 4.79 Å². The quantitative estimate of drug-likeness (QED) is 0.740. The summed E-state index contributed by atoms with van der Waals surface area (Å²) in [4.78, 5) is 13.1. The van der Waals surface area contributed by atoms with Crippen molar-refractivity contribution in [3.63, 3.8) is 0 Å². The second-order valence-electron chi connectivity index (χ2n) is 4.48. The molecule has 6 heteroatoms. The lowest BCUT2D eigenvalue weighted by atomic mass is 10.3.